The van der Waals surface area contributed by atoms with Crippen molar-refractivity contribution in [3.63, 3.8) is 0 Å². The average Bonchev–Trinajstić information content (AvgIpc) is 3.10. The second kappa shape index (κ2) is 3.97. The van der Waals surface area contributed by atoms with Crippen molar-refractivity contribution in [2.45, 2.75) is 51.5 Å². The van der Waals surface area contributed by atoms with Gasteiger partial charge in [-0.05, 0) is 37.0 Å². The zero-order valence-corrected chi connectivity index (χ0v) is 11.3. The SMILES string of the molecule is CC1CCCC2(C(=N)NC(=O)N2CC2CC2)C1C. The molecule has 2 saturated carbocycles. The van der Waals surface area contributed by atoms with Gasteiger partial charge in [-0.2, -0.15) is 0 Å². The number of nitrogens with zero attached hydrogens (tertiary/aromatic N) is 1. The van der Waals surface area contributed by atoms with Crippen molar-refractivity contribution in [3.8, 4) is 0 Å². The Morgan fingerprint density at radius 2 is 2.11 bits per heavy atom. The third-order valence-corrected chi connectivity index (χ3v) is 5.35. The van der Waals surface area contributed by atoms with E-state index in [2.05, 4.69) is 19.2 Å². The lowest BCUT2D eigenvalue weighted by Gasteiger charge is -2.47. The molecule has 3 aliphatic rings. The fourth-order valence-corrected chi connectivity index (χ4v) is 3.78. The molecule has 0 aromatic heterocycles. The maximum atomic E-state index is 12.1. The Kier molecular flexibility index (Phi) is 2.65. The lowest BCUT2D eigenvalue weighted by molar-refractivity contribution is 0.0717. The monoisotopic (exact) mass is 249 g/mol. The van der Waals surface area contributed by atoms with Crippen molar-refractivity contribution in [1.29, 1.82) is 5.41 Å². The van der Waals surface area contributed by atoms with Crippen LogP contribution in [0.3, 0.4) is 0 Å². The van der Waals surface area contributed by atoms with Crippen molar-refractivity contribution in [1.82, 2.24) is 10.2 Å². The van der Waals surface area contributed by atoms with E-state index in [1.807, 2.05) is 4.90 Å². The molecule has 0 radical (unpaired) electrons. The second-order valence-corrected chi connectivity index (χ2v) is 6.44. The topological polar surface area (TPSA) is 56.2 Å². The zero-order valence-electron chi connectivity index (χ0n) is 11.3. The van der Waals surface area contributed by atoms with E-state index in [9.17, 15) is 4.79 Å². The molecule has 4 heteroatoms. The van der Waals surface area contributed by atoms with Gasteiger partial charge in [0.15, 0.2) is 0 Å². The Bertz CT molecular complexity index is 391. The number of hydrogen-bond donors (Lipinski definition) is 2. The molecule has 3 fully saturated rings. The van der Waals surface area contributed by atoms with Crippen molar-refractivity contribution in [2.75, 3.05) is 6.54 Å². The molecule has 2 amide bonds. The summed E-state index contributed by atoms with van der Waals surface area (Å²) in [7, 11) is 0. The zero-order chi connectivity index (χ0) is 12.9. The molecule has 0 aromatic rings. The van der Waals surface area contributed by atoms with Gasteiger partial charge in [-0.15, -0.1) is 0 Å². The van der Waals surface area contributed by atoms with Crippen LogP contribution in [0.2, 0.25) is 0 Å². The van der Waals surface area contributed by atoms with E-state index < -0.39 is 0 Å². The minimum atomic E-state index is -0.322. The Morgan fingerprint density at radius 3 is 2.78 bits per heavy atom. The highest BCUT2D eigenvalue weighted by molar-refractivity contribution is 6.08. The summed E-state index contributed by atoms with van der Waals surface area (Å²) in [5.74, 6) is 2.11. The molecule has 0 aromatic carbocycles. The number of urea groups is 1. The van der Waals surface area contributed by atoms with Crippen LogP contribution in [0, 0.1) is 23.2 Å². The summed E-state index contributed by atoms with van der Waals surface area (Å²) in [5, 5.41) is 11.0. The van der Waals surface area contributed by atoms with Gasteiger partial charge in [0.2, 0.25) is 0 Å². The molecule has 18 heavy (non-hydrogen) atoms. The van der Waals surface area contributed by atoms with Crippen LogP contribution >= 0.6 is 0 Å². The molecule has 1 aliphatic heterocycles. The summed E-state index contributed by atoms with van der Waals surface area (Å²) in [6.45, 7) is 5.33. The van der Waals surface area contributed by atoms with Crippen molar-refractivity contribution >= 4 is 11.9 Å². The molecular formula is C14H23N3O. The third kappa shape index (κ3) is 1.57. The van der Waals surface area contributed by atoms with E-state index in [4.69, 9.17) is 5.41 Å². The van der Waals surface area contributed by atoms with Crippen LogP contribution in [-0.4, -0.2) is 28.9 Å². The van der Waals surface area contributed by atoms with Gasteiger partial charge in [0.05, 0.1) is 0 Å². The largest absolute Gasteiger partial charge is 0.323 e. The third-order valence-electron chi connectivity index (χ3n) is 5.35. The molecule has 3 atom stereocenters. The second-order valence-electron chi connectivity index (χ2n) is 6.44. The molecule has 3 unspecified atom stereocenters. The van der Waals surface area contributed by atoms with E-state index in [0.29, 0.717) is 23.6 Å². The van der Waals surface area contributed by atoms with E-state index in [-0.39, 0.29) is 11.6 Å². The predicted molar refractivity (Wildman–Crippen MR) is 70.6 cm³/mol. The molecule has 100 valence electrons. The van der Waals surface area contributed by atoms with E-state index in [1.165, 1.54) is 19.3 Å². The number of hydrogen-bond acceptors (Lipinski definition) is 2. The van der Waals surface area contributed by atoms with E-state index in [0.717, 1.165) is 19.4 Å². The molecule has 1 heterocycles. The molecule has 1 spiro atoms. The first-order valence-electron chi connectivity index (χ1n) is 7.23. The Morgan fingerprint density at radius 1 is 1.39 bits per heavy atom. The summed E-state index contributed by atoms with van der Waals surface area (Å²) < 4.78 is 0. The molecule has 2 N–H and O–H groups in total. The highest BCUT2D eigenvalue weighted by Crippen LogP contribution is 2.46. The smallest absolute Gasteiger partial charge is 0.311 e. The van der Waals surface area contributed by atoms with E-state index >= 15 is 0 Å². The van der Waals surface area contributed by atoms with Gasteiger partial charge < -0.3 is 4.90 Å². The molecule has 3 rings (SSSR count). The molecule has 2 aliphatic carbocycles. The van der Waals surface area contributed by atoms with Crippen LogP contribution in [0.4, 0.5) is 4.79 Å². The normalized spacial score (nSPS) is 40.4. The van der Waals surface area contributed by atoms with Gasteiger partial charge in [0.1, 0.15) is 11.4 Å². The number of amidine groups is 1. The first kappa shape index (κ1) is 12.0. The molecule has 4 nitrogen and oxygen atoms in total. The standard InChI is InChI=1S/C14H23N3O/c1-9-4-3-7-14(10(9)2)12(15)16-13(18)17(14)8-11-5-6-11/h9-11H,3-8H2,1-2H3,(H2,15,16,18). The Hall–Kier alpha value is -1.06. The first-order valence-corrected chi connectivity index (χ1v) is 7.23. The van der Waals surface area contributed by atoms with Crippen LogP contribution in [0.1, 0.15) is 46.0 Å². The van der Waals surface area contributed by atoms with Crippen LogP contribution < -0.4 is 5.32 Å². The van der Waals surface area contributed by atoms with Crippen LogP contribution in [0.5, 0.6) is 0 Å². The summed E-state index contributed by atoms with van der Waals surface area (Å²) in [5.41, 5.74) is -0.322. The van der Waals surface area contributed by atoms with Gasteiger partial charge in [-0.3, -0.25) is 10.7 Å². The minimum absolute atomic E-state index is 0.0344. The van der Waals surface area contributed by atoms with Crippen LogP contribution in [0.15, 0.2) is 0 Å². The number of amides is 2. The maximum absolute atomic E-state index is 12.1. The van der Waals surface area contributed by atoms with Gasteiger partial charge in [-0.25, -0.2) is 4.79 Å². The fraction of sp³-hybridized carbons (Fsp3) is 0.857. The number of rotatable bonds is 2. The van der Waals surface area contributed by atoms with Gasteiger partial charge >= 0.3 is 6.03 Å². The van der Waals surface area contributed by atoms with Gasteiger partial charge in [0.25, 0.3) is 0 Å². The first-order chi connectivity index (χ1) is 8.55. The van der Waals surface area contributed by atoms with Gasteiger partial charge in [-0.1, -0.05) is 26.7 Å². The number of carbonyl (C=O) groups excluding carboxylic acids is 1. The summed E-state index contributed by atoms with van der Waals surface area (Å²) in [4.78, 5) is 14.1. The Labute approximate surface area is 109 Å². The number of carbonyl (C=O) groups is 1. The van der Waals surface area contributed by atoms with Crippen molar-refractivity contribution in [3.05, 3.63) is 0 Å². The Balaban J connectivity index is 1.93. The molecular weight excluding hydrogens is 226 g/mol. The highest BCUT2D eigenvalue weighted by atomic mass is 16.2. The molecule has 0 bridgehead atoms. The van der Waals surface area contributed by atoms with Gasteiger partial charge in [0, 0.05) is 6.54 Å². The van der Waals surface area contributed by atoms with Crippen LogP contribution in [0.25, 0.3) is 0 Å². The highest BCUT2D eigenvalue weighted by Gasteiger charge is 2.56. The fourth-order valence-electron chi connectivity index (χ4n) is 3.78. The average molecular weight is 249 g/mol. The minimum Gasteiger partial charge on any atom is -0.311 e. The van der Waals surface area contributed by atoms with Crippen molar-refractivity contribution < 1.29 is 4.79 Å². The lowest BCUT2D eigenvalue weighted by atomic mass is 9.67. The predicted octanol–water partition coefficient (Wildman–Crippen LogP) is 2.59. The summed E-state index contributed by atoms with van der Waals surface area (Å²) in [6, 6.07) is -0.0344. The van der Waals surface area contributed by atoms with Crippen LogP contribution in [-0.2, 0) is 0 Å². The molecule has 1 saturated heterocycles. The maximum Gasteiger partial charge on any atom is 0.323 e. The van der Waals surface area contributed by atoms with Crippen molar-refractivity contribution in [2.24, 2.45) is 17.8 Å². The summed E-state index contributed by atoms with van der Waals surface area (Å²) in [6.07, 6.45) is 5.81. The van der Waals surface area contributed by atoms with E-state index in [1.54, 1.807) is 0 Å². The number of nitrogens with one attached hydrogen (secondary N) is 2. The lowest BCUT2D eigenvalue weighted by Crippen LogP contribution is -2.58. The summed E-state index contributed by atoms with van der Waals surface area (Å²) >= 11 is 0. The quantitative estimate of drug-likeness (QED) is 0.776.